The van der Waals surface area contributed by atoms with E-state index < -0.39 is 0 Å². The minimum absolute atomic E-state index is 0.155. The van der Waals surface area contributed by atoms with Gasteiger partial charge >= 0.3 is 0 Å². The second-order valence-corrected chi connectivity index (χ2v) is 6.59. The lowest BCUT2D eigenvalue weighted by Crippen LogP contribution is -2.21. The van der Waals surface area contributed by atoms with E-state index in [1.165, 1.54) is 0 Å². The molecule has 0 saturated heterocycles. The predicted octanol–water partition coefficient (Wildman–Crippen LogP) is 5.29. The van der Waals surface area contributed by atoms with Crippen LogP contribution in [0, 0.1) is 6.92 Å². The molecule has 0 aliphatic heterocycles. The normalized spacial score (nSPS) is 12.4. The highest BCUT2D eigenvalue weighted by Gasteiger charge is 2.20. The molecule has 0 radical (unpaired) electrons. The number of allylic oxidation sites excluding steroid dienone is 5. The zero-order chi connectivity index (χ0) is 21.5. The van der Waals surface area contributed by atoms with Gasteiger partial charge in [0.15, 0.2) is 0 Å². The lowest BCUT2D eigenvalue weighted by molar-refractivity contribution is 0.415. The van der Waals surface area contributed by atoms with Gasteiger partial charge in [-0.25, -0.2) is 9.67 Å². The number of methoxy groups -OCH3 is 1. The molecule has 0 bridgehead atoms. The Hall–Kier alpha value is -3.86. The zero-order valence-electron chi connectivity index (χ0n) is 17.4. The van der Waals surface area contributed by atoms with Crippen LogP contribution in [0.1, 0.15) is 18.2 Å². The monoisotopic (exact) mass is 399 g/mol. The Morgan fingerprint density at radius 2 is 1.83 bits per heavy atom. The minimum atomic E-state index is -0.155. The standard InChI is InChI=1S/C25H25N3O2/c1-5-7-11-19(6-2)24(26-20-14-16-22(30-4)17-15-20)23-18(3)27-28(25(23)29)21-12-9-8-10-13-21/h5-17,27H,1H2,2-4H3/b11-7-,19-6+,26-24?. The Kier molecular flexibility index (Phi) is 6.65. The highest BCUT2D eigenvalue weighted by molar-refractivity contribution is 6.15. The van der Waals surface area contributed by atoms with E-state index in [9.17, 15) is 4.79 Å². The highest BCUT2D eigenvalue weighted by Crippen LogP contribution is 2.22. The van der Waals surface area contributed by atoms with Gasteiger partial charge in [-0.3, -0.25) is 9.89 Å². The number of hydrogen-bond donors (Lipinski definition) is 1. The molecule has 0 aliphatic rings. The molecule has 5 nitrogen and oxygen atoms in total. The molecule has 0 amide bonds. The van der Waals surface area contributed by atoms with E-state index in [0.29, 0.717) is 11.3 Å². The van der Waals surface area contributed by atoms with Crippen molar-refractivity contribution in [1.82, 2.24) is 9.78 Å². The van der Waals surface area contributed by atoms with Gasteiger partial charge in [-0.15, -0.1) is 0 Å². The van der Waals surface area contributed by atoms with Crippen molar-refractivity contribution in [1.29, 1.82) is 0 Å². The average Bonchev–Trinajstić information content (AvgIpc) is 3.08. The molecule has 0 unspecified atom stereocenters. The van der Waals surface area contributed by atoms with Crippen molar-refractivity contribution >= 4 is 11.4 Å². The topological polar surface area (TPSA) is 59.4 Å². The molecular weight excluding hydrogens is 374 g/mol. The number of aryl methyl sites for hydroxylation is 1. The van der Waals surface area contributed by atoms with Crippen LogP contribution in [-0.4, -0.2) is 22.6 Å². The van der Waals surface area contributed by atoms with E-state index in [2.05, 4.69) is 11.7 Å². The number of aromatic amines is 1. The molecule has 2 aromatic carbocycles. The molecule has 1 heterocycles. The third-order valence-corrected chi connectivity index (χ3v) is 4.63. The number of aliphatic imine (C=N–C) groups is 1. The summed E-state index contributed by atoms with van der Waals surface area (Å²) in [5.41, 5.74) is 4.02. The quantitative estimate of drug-likeness (QED) is 0.433. The van der Waals surface area contributed by atoms with Gasteiger partial charge in [0.25, 0.3) is 5.56 Å². The summed E-state index contributed by atoms with van der Waals surface area (Å²) in [5, 5.41) is 3.18. The largest absolute Gasteiger partial charge is 0.497 e. The molecule has 5 heteroatoms. The molecular formula is C25H25N3O2. The molecule has 0 saturated carbocycles. The second-order valence-electron chi connectivity index (χ2n) is 6.59. The summed E-state index contributed by atoms with van der Waals surface area (Å²) in [6, 6.07) is 16.9. The molecule has 0 atom stereocenters. The molecule has 30 heavy (non-hydrogen) atoms. The van der Waals surface area contributed by atoms with Crippen LogP contribution < -0.4 is 10.3 Å². The minimum Gasteiger partial charge on any atom is -0.497 e. The summed E-state index contributed by atoms with van der Waals surface area (Å²) in [6.07, 6.45) is 7.35. The fraction of sp³-hybridized carbons (Fsp3) is 0.120. The van der Waals surface area contributed by atoms with E-state index in [0.717, 1.165) is 28.4 Å². The van der Waals surface area contributed by atoms with Crippen LogP contribution >= 0.6 is 0 Å². The fourth-order valence-corrected chi connectivity index (χ4v) is 3.12. The smallest absolute Gasteiger partial charge is 0.280 e. The molecule has 3 rings (SSSR count). The van der Waals surface area contributed by atoms with Crippen LogP contribution in [-0.2, 0) is 0 Å². The van der Waals surface area contributed by atoms with Crippen LogP contribution in [0.5, 0.6) is 5.75 Å². The molecule has 0 aliphatic carbocycles. The second kappa shape index (κ2) is 9.56. The van der Waals surface area contributed by atoms with Crippen LogP contribution in [0.4, 0.5) is 5.69 Å². The summed E-state index contributed by atoms with van der Waals surface area (Å²) < 4.78 is 6.77. The Morgan fingerprint density at radius 1 is 1.13 bits per heavy atom. The number of rotatable bonds is 7. The molecule has 1 aromatic heterocycles. The first-order chi connectivity index (χ1) is 14.6. The predicted molar refractivity (Wildman–Crippen MR) is 123 cm³/mol. The summed E-state index contributed by atoms with van der Waals surface area (Å²) in [6.45, 7) is 7.54. The SMILES string of the molecule is C=C/C=C\C(=C/C)C(=Nc1ccc(OC)cc1)c1c(C)[nH]n(-c2ccccc2)c1=O. The van der Waals surface area contributed by atoms with Crippen LogP contribution in [0.25, 0.3) is 5.69 Å². The first kappa shape index (κ1) is 20.9. The molecule has 1 N–H and O–H groups in total. The molecule has 0 spiro atoms. The van der Waals surface area contributed by atoms with Crippen LogP contribution in [0.2, 0.25) is 0 Å². The molecule has 152 valence electrons. The number of nitrogens with one attached hydrogen (secondary N) is 1. The number of hydrogen-bond acceptors (Lipinski definition) is 3. The van der Waals surface area contributed by atoms with Crippen LogP contribution in [0.3, 0.4) is 0 Å². The van der Waals surface area contributed by atoms with Crippen molar-refractivity contribution < 1.29 is 4.74 Å². The third-order valence-electron chi connectivity index (χ3n) is 4.63. The molecule has 0 fully saturated rings. The van der Waals surface area contributed by atoms with Gasteiger partial charge in [-0.2, -0.15) is 0 Å². The van der Waals surface area contributed by atoms with Gasteiger partial charge in [0.2, 0.25) is 0 Å². The lowest BCUT2D eigenvalue weighted by Gasteiger charge is -2.07. The van der Waals surface area contributed by atoms with Crippen molar-refractivity contribution in [3.05, 3.63) is 113 Å². The summed E-state index contributed by atoms with van der Waals surface area (Å²) in [5.74, 6) is 0.748. The number of benzene rings is 2. The number of ether oxygens (including phenoxy) is 1. The van der Waals surface area contributed by atoms with E-state index >= 15 is 0 Å². The van der Waals surface area contributed by atoms with Gasteiger partial charge < -0.3 is 4.74 Å². The van der Waals surface area contributed by atoms with Gasteiger partial charge in [-0.05, 0) is 55.8 Å². The maximum atomic E-state index is 13.4. The fourth-order valence-electron chi connectivity index (χ4n) is 3.12. The van der Waals surface area contributed by atoms with Gasteiger partial charge in [-0.1, -0.05) is 49.1 Å². The number of aromatic nitrogens is 2. The first-order valence-corrected chi connectivity index (χ1v) is 9.65. The number of para-hydroxylation sites is 1. The number of nitrogens with zero attached hydrogens (tertiary/aromatic N) is 2. The average molecular weight is 399 g/mol. The Labute approximate surface area is 176 Å². The van der Waals surface area contributed by atoms with E-state index in [-0.39, 0.29) is 5.56 Å². The van der Waals surface area contributed by atoms with Gasteiger partial charge in [0.05, 0.1) is 29.8 Å². The van der Waals surface area contributed by atoms with E-state index in [4.69, 9.17) is 9.73 Å². The van der Waals surface area contributed by atoms with Crippen molar-refractivity contribution in [2.75, 3.05) is 7.11 Å². The van der Waals surface area contributed by atoms with Crippen LogP contribution in [0.15, 0.2) is 101 Å². The van der Waals surface area contributed by atoms with E-state index in [1.807, 2.05) is 86.7 Å². The highest BCUT2D eigenvalue weighted by atomic mass is 16.5. The number of H-pyrrole nitrogens is 1. The Balaban J connectivity index is 2.21. The van der Waals surface area contributed by atoms with Crippen molar-refractivity contribution in [3.63, 3.8) is 0 Å². The summed E-state index contributed by atoms with van der Waals surface area (Å²) >= 11 is 0. The Bertz CT molecular complexity index is 1160. The maximum Gasteiger partial charge on any atom is 0.280 e. The third kappa shape index (κ3) is 4.41. The van der Waals surface area contributed by atoms with Crippen molar-refractivity contribution in [3.8, 4) is 11.4 Å². The van der Waals surface area contributed by atoms with E-state index in [1.54, 1.807) is 17.9 Å². The van der Waals surface area contributed by atoms with Crippen molar-refractivity contribution in [2.45, 2.75) is 13.8 Å². The van der Waals surface area contributed by atoms with Crippen molar-refractivity contribution in [2.24, 2.45) is 4.99 Å². The first-order valence-electron chi connectivity index (χ1n) is 9.65. The summed E-state index contributed by atoms with van der Waals surface area (Å²) in [7, 11) is 1.62. The van der Waals surface area contributed by atoms with Gasteiger partial charge in [0, 0.05) is 5.69 Å². The Morgan fingerprint density at radius 3 is 2.43 bits per heavy atom. The molecule has 3 aromatic rings. The maximum absolute atomic E-state index is 13.4. The van der Waals surface area contributed by atoms with Gasteiger partial charge in [0.1, 0.15) is 5.75 Å². The zero-order valence-corrected chi connectivity index (χ0v) is 17.4. The summed E-state index contributed by atoms with van der Waals surface area (Å²) in [4.78, 5) is 18.2. The lowest BCUT2D eigenvalue weighted by atomic mass is 10.0.